The smallest absolute Gasteiger partial charge is 0.147 e. The average molecular weight is 314 g/mol. The van der Waals surface area contributed by atoms with Gasteiger partial charge in [-0.15, -0.1) is 0 Å². The van der Waals surface area contributed by atoms with Crippen molar-refractivity contribution in [3.8, 4) is 6.07 Å². The first-order valence-corrected chi connectivity index (χ1v) is 7.70. The van der Waals surface area contributed by atoms with Gasteiger partial charge in [-0.3, -0.25) is 0 Å². The van der Waals surface area contributed by atoms with E-state index in [2.05, 4.69) is 4.98 Å². The summed E-state index contributed by atoms with van der Waals surface area (Å²) in [7, 11) is 1.85. The van der Waals surface area contributed by atoms with Crippen LogP contribution in [0.25, 0.3) is 0 Å². The summed E-state index contributed by atoms with van der Waals surface area (Å²) in [5, 5.41) is 19.4. The predicted molar refractivity (Wildman–Crippen MR) is 84.2 cm³/mol. The molecule has 1 saturated heterocycles. The monoisotopic (exact) mass is 314 g/mol. The second-order valence-electron chi connectivity index (χ2n) is 5.97. The Labute approximate surface area is 134 Å². The average Bonchev–Trinajstić information content (AvgIpc) is 3.00. The molecule has 1 N–H and O–H groups in total. The molecule has 1 aliphatic heterocycles. The number of halogens is 1. The van der Waals surface area contributed by atoms with Gasteiger partial charge in [-0.05, 0) is 31.0 Å². The molecule has 0 amide bonds. The number of benzene rings is 1. The van der Waals surface area contributed by atoms with Gasteiger partial charge >= 0.3 is 0 Å². The molecule has 2 aromatic rings. The summed E-state index contributed by atoms with van der Waals surface area (Å²) in [5.74, 6) is 0.244. The number of aliphatic hydroxyl groups excluding tert-OH is 1. The number of aliphatic hydroxyl groups is 1. The Bertz CT molecular complexity index is 736. The zero-order chi connectivity index (χ0) is 16.4. The lowest BCUT2D eigenvalue weighted by molar-refractivity contribution is 0.0874. The highest BCUT2D eigenvalue weighted by Crippen LogP contribution is 2.32. The van der Waals surface area contributed by atoms with Gasteiger partial charge in [0.2, 0.25) is 0 Å². The number of hydrogen-bond donors (Lipinski definition) is 1. The fourth-order valence-electron chi connectivity index (χ4n) is 3.19. The number of aryl methyl sites for hydroxylation is 1. The molecule has 120 valence electrons. The Hall–Kier alpha value is -2.39. The maximum absolute atomic E-state index is 14.2. The number of rotatable bonds is 3. The maximum atomic E-state index is 14.2. The molecule has 0 radical (unpaired) electrons. The van der Waals surface area contributed by atoms with Crippen molar-refractivity contribution in [3.05, 3.63) is 47.8 Å². The van der Waals surface area contributed by atoms with Gasteiger partial charge in [0.25, 0.3) is 0 Å². The van der Waals surface area contributed by atoms with Crippen molar-refractivity contribution < 1.29 is 9.50 Å². The fourth-order valence-corrected chi connectivity index (χ4v) is 3.19. The van der Waals surface area contributed by atoms with E-state index in [0.717, 1.165) is 19.4 Å². The molecular weight excluding hydrogens is 295 g/mol. The van der Waals surface area contributed by atoms with E-state index in [-0.39, 0.29) is 5.92 Å². The summed E-state index contributed by atoms with van der Waals surface area (Å²) in [5.41, 5.74) is 0.800. The van der Waals surface area contributed by atoms with Gasteiger partial charge < -0.3 is 14.6 Å². The van der Waals surface area contributed by atoms with Crippen LogP contribution in [0.15, 0.2) is 30.6 Å². The number of hydrogen-bond acceptors (Lipinski definition) is 4. The van der Waals surface area contributed by atoms with Crippen LogP contribution in [0.4, 0.5) is 10.1 Å². The first-order valence-electron chi connectivity index (χ1n) is 7.70. The number of nitriles is 1. The third-order valence-electron chi connectivity index (χ3n) is 4.44. The standard InChI is InChI=1S/C17H19FN4O/c1-21-8-6-20-17(21)16(23)13-3-2-7-22(11-13)15-5-4-12(10-19)9-14(15)18/h4-6,8-9,13,16,23H,2-3,7,11H2,1H3. The molecule has 23 heavy (non-hydrogen) atoms. The minimum atomic E-state index is -0.667. The summed E-state index contributed by atoms with van der Waals surface area (Å²) in [4.78, 5) is 6.15. The summed E-state index contributed by atoms with van der Waals surface area (Å²) >= 11 is 0. The molecular formula is C17H19FN4O. The fraction of sp³-hybridized carbons (Fsp3) is 0.412. The molecule has 0 saturated carbocycles. The lowest BCUT2D eigenvalue weighted by atomic mass is 9.91. The molecule has 2 atom stereocenters. The van der Waals surface area contributed by atoms with E-state index in [1.807, 2.05) is 22.6 Å². The molecule has 6 heteroatoms. The van der Waals surface area contributed by atoms with Crippen molar-refractivity contribution in [2.75, 3.05) is 18.0 Å². The van der Waals surface area contributed by atoms with E-state index in [4.69, 9.17) is 5.26 Å². The topological polar surface area (TPSA) is 65.1 Å². The van der Waals surface area contributed by atoms with Crippen LogP contribution in [-0.4, -0.2) is 27.7 Å². The van der Waals surface area contributed by atoms with E-state index in [9.17, 15) is 9.50 Å². The Morgan fingerprint density at radius 2 is 2.30 bits per heavy atom. The molecule has 1 aromatic heterocycles. The zero-order valence-electron chi connectivity index (χ0n) is 13.0. The van der Waals surface area contributed by atoms with Crippen molar-refractivity contribution in [2.45, 2.75) is 18.9 Å². The Balaban J connectivity index is 1.79. The van der Waals surface area contributed by atoms with Crippen molar-refractivity contribution in [2.24, 2.45) is 13.0 Å². The van der Waals surface area contributed by atoms with Gasteiger partial charge in [-0.2, -0.15) is 5.26 Å². The Morgan fingerprint density at radius 3 is 2.96 bits per heavy atom. The van der Waals surface area contributed by atoms with E-state index in [1.54, 1.807) is 24.5 Å². The molecule has 0 aliphatic carbocycles. The number of imidazole rings is 1. The van der Waals surface area contributed by atoms with Crippen LogP contribution in [-0.2, 0) is 7.05 Å². The Morgan fingerprint density at radius 1 is 1.48 bits per heavy atom. The molecule has 0 bridgehead atoms. The summed E-state index contributed by atoms with van der Waals surface area (Å²) in [6.07, 6.45) is 4.56. The van der Waals surface area contributed by atoms with Gasteiger partial charge in [-0.25, -0.2) is 9.37 Å². The number of aromatic nitrogens is 2. The first kappa shape index (κ1) is 15.5. The SMILES string of the molecule is Cn1ccnc1C(O)C1CCCN(c2ccc(C#N)cc2F)C1. The third kappa shape index (κ3) is 3.06. The van der Waals surface area contributed by atoms with Gasteiger partial charge in [0.05, 0.1) is 17.3 Å². The largest absolute Gasteiger partial charge is 0.385 e. The van der Waals surface area contributed by atoms with Crippen molar-refractivity contribution >= 4 is 5.69 Å². The quantitative estimate of drug-likeness (QED) is 0.944. The molecule has 0 spiro atoms. The minimum absolute atomic E-state index is 0.0000988. The molecule has 1 fully saturated rings. The number of nitrogens with zero attached hydrogens (tertiary/aromatic N) is 4. The van der Waals surface area contributed by atoms with Crippen LogP contribution in [0.5, 0.6) is 0 Å². The van der Waals surface area contributed by atoms with Gasteiger partial charge in [-0.1, -0.05) is 0 Å². The molecule has 1 aliphatic rings. The van der Waals surface area contributed by atoms with E-state index < -0.39 is 11.9 Å². The van der Waals surface area contributed by atoms with E-state index in [1.165, 1.54) is 6.07 Å². The molecule has 2 heterocycles. The van der Waals surface area contributed by atoms with Crippen LogP contribution in [0.2, 0.25) is 0 Å². The Kier molecular flexibility index (Phi) is 4.30. The number of anilines is 1. The lowest BCUT2D eigenvalue weighted by Crippen LogP contribution is -2.38. The van der Waals surface area contributed by atoms with Crippen molar-refractivity contribution in [1.82, 2.24) is 9.55 Å². The summed E-state index contributed by atoms with van der Waals surface area (Å²) in [6, 6.07) is 6.46. The van der Waals surface area contributed by atoms with Crippen LogP contribution < -0.4 is 4.90 Å². The van der Waals surface area contributed by atoms with Crippen LogP contribution in [0.3, 0.4) is 0 Å². The van der Waals surface area contributed by atoms with Gasteiger partial charge in [0, 0.05) is 38.4 Å². The van der Waals surface area contributed by atoms with Crippen LogP contribution in [0, 0.1) is 23.1 Å². The van der Waals surface area contributed by atoms with Gasteiger partial charge in [0.1, 0.15) is 17.7 Å². The normalized spacial score (nSPS) is 19.4. The highest BCUT2D eigenvalue weighted by molar-refractivity contribution is 5.51. The highest BCUT2D eigenvalue weighted by atomic mass is 19.1. The first-order chi connectivity index (χ1) is 11.1. The molecule has 2 unspecified atom stereocenters. The second-order valence-corrected chi connectivity index (χ2v) is 5.97. The summed E-state index contributed by atoms with van der Waals surface area (Å²) < 4.78 is 16.0. The van der Waals surface area contributed by atoms with E-state index >= 15 is 0 Å². The summed E-state index contributed by atoms with van der Waals surface area (Å²) in [6.45, 7) is 1.31. The number of piperidine rings is 1. The van der Waals surface area contributed by atoms with Crippen LogP contribution >= 0.6 is 0 Å². The highest BCUT2D eigenvalue weighted by Gasteiger charge is 2.30. The molecule has 3 rings (SSSR count). The van der Waals surface area contributed by atoms with E-state index in [0.29, 0.717) is 23.6 Å². The lowest BCUT2D eigenvalue weighted by Gasteiger charge is -2.36. The predicted octanol–water partition coefficient (Wildman–Crippen LogP) is 2.38. The zero-order valence-corrected chi connectivity index (χ0v) is 13.0. The van der Waals surface area contributed by atoms with Crippen molar-refractivity contribution in [1.29, 1.82) is 5.26 Å². The maximum Gasteiger partial charge on any atom is 0.147 e. The molecule has 5 nitrogen and oxygen atoms in total. The molecule has 1 aromatic carbocycles. The van der Waals surface area contributed by atoms with Crippen molar-refractivity contribution in [3.63, 3.8) is 0 Å². The third-order valence-corrected chi connectivity index (χ3v) is 4.44. The minimum Gasteiger partial charge on any atom is -0.385 e. The van der Waals surface area contributed by atoms with Crippen LogP contribution in [0.1, 0.15) is 30.3 Å². The van der Waals surface area contributed by atoms with Gasteiger partial charge in [0.15, 0.2) is 0 Å². The second kappa shape index (κ2) is 6.39.